The predicted octanol–water partition coefficient (Wildman–Crippen LogP) is 1.84. The monoisotopic (exact) mass is 277 g/mol. The molecule has 1 amide bonds. The summed E-state index contributed by atoms with van der Waals surface area (Å²) in [6.45, 7) is 3.37. The van der Waals surface area contributed by atoms with Crippen molar-refractivity contribution in [2.75, 3.05) is 6.61 Å². The molecule has 5 nitrogen and oxygen atoms in total. The number of nitrogens with zero attached hydrogens (tertiary/aromatic N) is 1. The van der Waals surface area contributed by atoms with Crippen LogP contribution < -0.4 is 4.74 Å². The van der Waals surface area contributed by atoms with E-state index in [0.717, 1.165) is 18.4 Å². The molecule has 1 saturated carbocycles. The largest absolute Gasteiger partial charge is 0.484 e. The molecule has 0 spiro atoms. The summed E-state index contributed by atoms with van der Waals surface area (Å²) in [5, 5.41) is 9.06. The van der Waals surface area contributed by atoms with Gasteiger partial charge >= 0.3 is 5.97 Å². The lowest BCUT2D eigenvalue weighted by Crippen LogP contribution is -2.46. The Morgan fingerprint density at radius 2 is 1.95 bits per heavy atom. The summed E-state index contributed by atoms with van der Waals surface area (Å²) in [5.74, 6) is -0.647. The van der Waals surface area contributed by atoms with Gasteiger partial charge in [0.05, 0.1) is 0 Å². The molecule has 0 aromatic heterocycles. The highest BCUT2D eigenvalue weighted by atomic mass is 16.5. The molecule has 0 bridgehead atoms. The van der Waals surface area contributed by atoms with Crippen molar-refractivity contribution in [3.05, 3.63) is 29.8 Å². The molecule has 1 atom stereocenters. The van der Waals surface area contributed by atoms with Crippen LogP contribution in [0.5, 0.6) is 5.75 Å². The van der Waals surface area contributed by atoms with Crippen molar-refractivity contribution in [1.29, 1.82) is 0 Å². The molecule has 1 aliphatic carbocycles. The Labute approximate surface area is 118 Å². The molecule has 0 saturated heterocycles. The van der Waals surface area contributed by atoms with E-state index >= 15 is 0 Å². The Bertz CT molecular complexity index is 493. The molecule has 5 heteroatoms. The molecule has 1 unspecified atom stereocenters. The Morgan fingerprint density at radius 1 is 1.35 bits per heavy atom. The molecular formula is C15H19NO4. The van der Waals surface area contributed by atoms with E-state index in [0.29, 0.717) is 5.75 Å². The number of carbonyl (C=O) groups is 2. The average Bonchev–Trinajstić information content (AvgIpc) is 3.22. The van der Waals surface area contributed by atoms with E-state index in [1.54, 1.807) is 12.1 Å². The summed E-state index contributed by atoms with van der Waals surface area (Å²) < 4.78 is 5.43. The lowest BCUT2D eigenvalue weighted by molar-refractivity contribution is -0.150. The van der Waals surface area contributed by atoms with Crippen molar-refractivity contribution < 1.29 is 19.4 Å². The number of hydrogen-bond acceptors (Lipinski definition) is 3. The number of amides is 1. The Kier molecular flexibility index (Phi) is 4.27. The number of aliphatic carboxylic acids is 1. The number of ether oxygens (including phenoxy) is 1. The maximum absolute atomic E-state index is 12.1. The van der Waals surface area contributed by atoms with Crippen molar-refractivity contribution in [3.8, 4) is 5.75 Å². The summed E-state index contributed by atoms with van der Waals surface area (Å²) in [5.41, 5.74) is 1.11. The summed E-state index contributed by atoms with van der Waals surface area (Å²) in [6.07, 6.45) is 1.74. The van der Waals surface area contributed by atoms with Gasteiger partial charge in [-0.3, -0.25) is 4.79 Å². The van der Waals surface area contributed by atoms with Crippen LogP contribution in [0.1, 0.15) is 25.3 Å². The van der Waals surface area contributed by atoms with Crippen LogP contribution >= 0.6 is 0 Å². The van der Waals surface area contributed by atoms with Crippen molar-refractivity contribution in [2.45, 2.75) is 38.8 Å². The summed E-state index contributed by atoms with van der Waals surface area (Å²) in [6, 6.07) is 6.64. The third-order valence-electron chi connectivity index (χ3n) is 3.39. The Morgan fingerprint density at radius 3 is 2.45 bits per heavy atom. The average molecular weight is 277 g/mol. The number of rotatable bonds is 6. The van der Waals surface area contributed by atoms with Crippen LogP contribution in [0.15, 0.2) is 24.3 Å². The van der Waals surface area contributed by atoms with E-state index < -0.39 is 12.0 Å². The first kappa shape index (κ1) is 14.4. The van der Waals surface area contributed by atoms with E-state index in [4.69, 9.17) is 9.84 Å². The Hall–Kier alpha value is -2.04. The fourth-order valence-corrected chi connectivity index (χ4v) is 2.06. The normalized spacial score (nSPS) is 15.5. The van der Waals surface area contributed by atoms with Crippen LogP contribution in [-0.4, -0.2) is 40.6 Å². The van der Waals surface area contributed by atoms with Gasteiger partial charge < -0.3 is 14.7 Å². The summed E-state index contributed by atoms with van der Waals surface area (Å²) in [4.78, 5) is 24.6. The van der Waals surface area contributed by atoms with Crippen molar-refractivity contribution in [3.63, 3.8) is 0 Å². The third-order valence-corrected chi connectivity index (χ3v) is 3.39. The summed E-state index contributed by atoms with van der Waals surface area (Å²) in [7, 11) is 0. The molecule has 1 aromatic carbocycles. The fraction of sp³-hybridized carbons (Fsp3) is 0.467. The molecule has 0 aliphatic heterocycles. The molecular weight excluding hydrogens is 258 g/mol. The lowest BCUT2D eigenvalue weighted by atomic mass is 10.2. The van der Waals surface area contributed by atoms with Gasteiger partial charge in [0.2, 0.25) is 0 Å². The second-order valence-electron chi connectivity index (χ2n) is 5.15. The highest BCUT2D eigenvalue weighted by Crippen LogP contribution is 2.29. The molecule has 1 aromatic rings. The van der Waals surface area contributed by atoms with E-state index in [1.807, 2.05) is 19.1 Å². The van der Waals surface area contributed by atoms with Gasteiger partial charge in [-0.1, -0.05) is 17.7 Å². The van der Waals surface area contributed by atoms with Gasteiger partial charge in [-0.15, -0.1) is 0 Å². The Balaban J connectivity index is 1.95. The van der Waals surface area contributed by atoms with Crippen molar-refractivity contribution >= 4 is 11.9 Å². The van der Waals surface area contributed by atoms with E-state index in [2.05, 4.69) is 0 Å². The van der Waals surface area contributed by atoms with E-state index in [9.17, 15) is 9.59 Å². The minimum Gasteiger partial charge on any atom is -0.484 e. The predicted molar refractivity (Wildman–Crippen MR) is 73.6 cm³/mol. The zero-order chi connectivity index (χ0) is 14.7. The highest BCUT2D eigenvalue weighted by molar-refractivity contribution is 5.84. The van der Waals surface area contributed by atoms with Gasteiger partial charge in [0.1, 0.15) is 11.8 Å². The first-order valence-corrected chi connectivity index (χ1v) is 6.72. The van der Waals surface area contributed by atoms with Crippen LogP contribution in [0.2, 0.25) is 0 Å². The van der Waals surface area contributed by atoms with Crippen LogP contribution in [0.4, 0.5) is 0 Å². The second kappa shape index (κ2) is 5.94. The summed E-state index contributed by atoms with van der Waals surface area (Å²) >= 11 is 0. The van der Waals surface area contributed by atoms with Crippen LogP contribution in [0, 0.1) is 6.92 Å². The fourth-order valence-electron chi connectivity index (χ4n) is 2.06. The first-order chi connectivity index (χ1) is 9.49. The SMILES string of the molecule is Cc1ccc(OCC(=O)N(C2CC2)C(C)C(=O)O)cc1. The zero-order valence-electron chi connectivity index (χ0n) is 11.7. The zero-order valence-corrected chi connectivity index (χ0v) is 11.7. The highest BCUT2D eigenvalue weighted by Gasteiger charge is 2.38. The number of carboxylic acids is 1. The van der Waals surface area contributed by atoms with Crippen LogP contribution in [0.3, 0.4) is 0 Å². The van der Waals surface area contributed by atoms with Gasteiger partial charge in [0.15, 0.2) is 6.61 Å². The minimum atomic E-state index is -0.986. The van der Waals surface area contributed by atoms with Gasteiger partial charge in [0.25, 0.3) is 5.91 Å². The molecule has 20 heavy (non-hydrogen) atoms. The van der Waals surface area contributed by atoms with Gasteiger partial charge in [-0.2, -0.15) is 0 Å². The van der Waals surface area contributed by atoms with E-state index in [-0.39, 0.29) is 18.6 Å². The smallest absolute Gasteiger partial charge is 0.326 e. The second-order valence-corrected chi connectivity index (χ2v) is 5.15. The lowest BCUT2D eigenvalue weighted by Gasteiger charge is -2.26. The molecule has 1 fully saturated rings. The topological polar surface area (TPSA) is 66.8 Å². The maximum Gasteiger partial charge on any atom is 0.326 e. The number of carbonyl (C=O) groups excluding carboxylic acids is 1. The number of benzene rings is 1. The first-order valence-electron chi connectivity index (χ1n) is 6.72. The third kappa shape index (κ3) is 3.50. The van der Waals surface area contributed by atoms with Crippen LogP contribution in [0.25, 0.3) is 0 Å². The van der Waals surface area contributed by atoms with Gasteiger partial charge in [-0.05, 0) is 38.8 Å². The quantitative estimate of drug-likeness (QED) is 0.861. The number of aryl methyl sites for hydroxylation is 1. The molecule has 108 valence electrons. The van der Waals surface area contributed by atoms with Crippen molar-refractivity contribution in [1.82, 2.24) is 4.90 Å². The molecule has 2 rings (SSSR count). The van der Waals surface area contributed by atoms with Gasteiger partial charge in [-0.25, -0.2) is 4.79 Å². The standard InChI is InChI=1S/C15H19NO4/c1-10-3-7-13(8-4-10)20-9-14(17)16(12-5-6-12)11(2)15(18)19/h3-4,7-8,11-12H,5-6,9H2,1-2H3,(H,18,19). The number of carboxylic acid groups (broad SMARTS) is 1. The minimum absolute atomic E-state index is 0.0511. The molecule has 1 aliphatic rings. The molecule has 0 radical (unpaired) electrons. The molecule has 1 N–H and O–H groups in total. The molecule has 0 heterocycles. The maximum atomic E-state index is 12.1. The van der Waals surface area contributed by atoms with Gasteiger partial charge in [0, 0.05) is 6.04 Å². The van der Waals surface area contributed by atoms with Crippen molar-refractivity contribution in [2.24, 2.45) is 0 Å². The van der Waals surface area contributed by atoms with Crippen LogP contribution in [-0.2, 0) is 9.59 Å². The van der Waals surface area contributed by atoms with E-state index in [1.165, 1.54) is 11.8 Å². The number of hydrogen-bond donors (Lipinski definition) is 1.